The molecule has 4 heteroatoms. The number of methoxy groups -OCH3 is 1. The molecule has 0 radical (unpaired) electrons. The van der Waals surface area contributed by atoms with Gasteiger partial charge in [0, 0.05) is 26.2 Å². The molecule has 1 amide bonds. The van der Waals surface area contributed by atoms with E-state index in [1.54, 1.807) is 7.11 Å². The van der Waals surface area contributed by atoms with Gasteiger partial charge in [0.05, 0.1) is 13.2 Å². The van der Waals surface area contributed by atoms with Crippen LogP contribution in [0.2, 0.25) is 0 Å². The van der Waals surface area contributed by atoms with E-state index in [1.807, 2.05) is 23.1 Å². The number of ether oxygens (including phenoxy) is 1. The molecule has 1 aromatic carbocycles. The molecule has 0 spiro atoms. The molecule has 0 bridgehead atoms. The zero-order valence-electron chi connectivity index (χ0n) is 12.9. The first-order chi connectivity index (χ1) is 10.3. The van der Waals surface area contributed by atoms with Crippen molar-refractivity contribution < 1.29 is 9.53 Å². The molecule has 1 fully saturated rings. The van der Waals surface area contributed by atoms with Gasteiger partial charge >= 0.3 is 0 Å². The van der Waals surface area contributed by atoms with Crippen molar-refractivity contribution in [2.45, 2.75) is 38.3 Å². The maximum Gasteiger partial charge on any atom is 0.236 e. The third kappa shape index (κ3) is 5.48. The van der Waals surface area contributed by atoms with Gasteiger partial charge in [-0.3, -0.25) is 4.79 Å². The quantitative estimate of drug-likeness (QED) is 0.798. The van der Waals surface area contributed by atoms with Gasteiger partial charge in [0.25, 0.3) is 0 Å². The second-order valence-corrected chi connectivity index (χ2v) is 5.66. The molecule has 1 aliphatic rings. The first-order valence-corrected chi connectivity index (χ1v) is 7.83. The van der Waals surface area contributed by atoms with Crippen LogP contribution in [0.25, 0.3) is 0 Å². The van der Waals surface area contributed by atoms with Crippen LogP contribution < -0.4 is 5.32 Å². The maximum atomic E-state index is 12.4. The molecule has 0 aromatic heterocycles. The number of rotatable bonds is 8. The highest BCUT2D eigenvalue weighted by Crippen LogP contribution is 2.17. The summed E-state index contributed by atoms with van der Waals surface area (Å²) in [5, 5.41) is 3.39. The van der Waals surface area contributed by atoms with E-state index in [-0.39, 0.29) is 5.91 Å². The zero-order valence-corrected chi connectivity index (χ0v) is 12.9. The lowest BCUT2D eigenvalue weighted by molar-refractivity contribution is -0.131. The van der Waals surface area contributed by atoms with E-state index in [9.17, 15) is 4.79 Å². The number of nitrogens with one attached hydrogen (secondary N) is 1. The standard InChI is InChI=1S/C17H26N2O2/c1-21-12-11-19(14-15-7-3-2-4-8-15)17(20)13-18-16-9-5-6-10-16/h2-4,7-8,16,18H,5-6,9-14H2,1H3. The summed E-state index contributed by atoms with van der Waals surface area (Å²) in [5.74, 6) is 0.155. The summed E-state index contributed by atoms with van der Waals surface area (Å²) in [6, 6.07) is 10.6. The fraction of sp³-hybridized carbons (Fsp3) is 0.588. The van der Waals surface area contributed by atoms with E-state index in [1.165, 1.54) is 25.7 Å². The molecule has 0 aliphatic heterocycles. The SMILES string of the molecule is COCCN(Cc1ccccc1)C(=O)CNC1CCCC1. The van der Waals surface area contributed by atoms with Crippen molar-refractivity contribution in [1.29, 1.82) is 0 Å². The number of amides is 1. The highest BCUT2D eigenvalue weighted by atomic mass is 16.5. The van der Waals surface area contributed by atoms with Gasteiger partial charge in [0.1, 0.15) is 0 Å². The Hall–Kier alpha value is -1.39. The lowest BCUT2D eigenvalue weighted by atomic mass is 10.2. The second-order valence-electron chi connectivity index (χ2n) is 5.66. The third-order valence-electron chi connectivity index (χ3n) is 4.03. The van der Waals surface area contributed by atoms with Gasteiger partial charge in [-0.25, -0.2) is 0 Å². The van der Waals surface area contributed by atoms with Crippen LogP contribution >= 0.6 is 0 Å². The number of hydrogen-bond donors (Lipinski definition) is 1. The Morgan fingerprint density at radius 2 is 2.00 bits per heavy atom. The minimum atomic E-state index is 0.155. The molecular formula is C17H26N2O2. The normalized spacial score (nSPS) is 15.3. The molecular weight excluding hydrogens is 264 g/mol. The van der Waals surface area contributed by atoms with Gasteiger partial charge in [-0.1, -0.05) is 43.2 Å². The Morgan fingerprint density at radius 3 is 2.67 bits per heavy atom. The predicted molar refractivity (Wildman–Crippen MR) is 84.0 cm³/mol. The van der Waals surface area contributed by atoms with Crippen molar-refractivity contribution in [1.82, 2.24) is 10.2 Å². The third-order valence-corrected chi connectivity index (χ3v) is 4.03. The van der Waals surface area contributed by atoms with Crippen molar-refractivity contribution in [3.8, 4) is 0 Å². The fourth-order valence-corrected chi connectivity index (χ4v) is 2.77. The number of carbonyl (C=O) groups is 1. The molecule has 1 N–H and O–H groups in total. The first kappa shape index (κ1) is 16.0. The summed E-state index contributed by atoms with van der Waals surface area (Å²) < 4.78 is 5.12. The van der Waals surface area contributed by atoms with Gasteiger partial charge in [-0.15, -0.1) is 0 Å². The topological polar surface area (TPSA) is 41.6 Å². The van der Waals surface area contributed by atoms with Gasteiger partial charge < -0.3 is 15.0 Å². The highest BCUT2D eigenvalue weighted by Gasteiger charge is 2.18. The van der Waals surface area contributed by atoms with Gasteiger partial charge in [0.2, 0.25) is 5.91 Å². The molecule has 0 heterocycles. The van der Waals surface area contributed by atoms with Crippen molar-refractivity contribution in [2.75, 3.05) is 26.8 Å². The van der Waals surface area contributed by atoms with Crippen LogP contribution in [-0.2, 0) is 16.1 Å². The maximum absolute atomic E-state index is 12.4. The Morgan fingerprint density at radius 1 is 1.29 bits per heavy atom. The molecule has 21 heavy (non-hydrogen) atoms. The second kappa shape index (κ2) is 8.80. The average molecular weight is 290 g/mol. The molecule has 116 valence electrons. The summed E-state index contributed by atoms with van der Waals surface area (Å²) in [7, 11) is 1.67. The van der Waals surface area contributed by atoms with Crippen molar-refractivity contribution >= 4 is 5.91 Å². The molecule has 0 atom stereocenters. The van der Waals surface area contributed by atoms with Gasteiger partial charge in [0.15, 0.2) is 0 Å². The number of hydrogen-bond acceptors (Lipinski definition) is 3. The van der Waals surface area contributed by atoms with Crippen LogP contribution in [0.4, 0.5) is 0 Å². The van der Waals surface area contributed by atoms with Crippen molar-refractivity contribution in [3.63, 3.8) is 0 Å². The summed E-state index contributed by atoms with van der Waals surface area (Å²) >= 11 is 0. The van der Waals surface area contributed by atoms with Gasteiger partial charge in [-0.2, -0.15) is 0 Å². The summed E-state index contributed by atoms with van der Waals surface area (Å²) in [5.41, 5.74) is 1.16. The Labute approximate surface area is 127 Å². The van der Waals surface area contributed by atoms with E-state index >= 15 is 0 Å². The summed E-state index contributed by atoms with van der Waals surface area (Å²) in [6.07, 6.45) is 4.96. The van der Waals surface area contributed by atoms with Crippen LogP contribution in [0.3, 0.4) is 0 Å². The van der Waals surface area contributed by atoms with Gasteiger partial charge in [-0.05, 0) is 18.4 Å². The first-order valence-electron chi connectivity index (χ1n) is 7.83. The minimum absolute atomic E-state index is 0.155. The number of benzene rings is 1. The molecule has 0 saturated heterocycles. The lowest BCUT2D eigenvalue weighted by Crippen LogP contribution is -2.42. The summed E-state index contributed by atoms with van der Waals surface area (Å²) in [6.45, 7) is 2.29. The molecule has 1 saturated carbocycles. The van der Waals surface area contributed by atoms with Crippen molar-refractivity contribution in [3.05, 3.63) is 35.9 Å². The van der Waals surface area contributed by atoms with Crippen LogP contribution in [0.15, 0.2) is 30.3 Å². The molecule has 2 rings (SSSR count). The minimum Gasteiger partial charge on any atom is -0.383 e. The largest absolute Gasteiger partial charge is 0.383 e. The van der Waals surface area contributed by atoms with Crippen LogP contribution in [0.1, 0.15) is 31.2 Å². The van der Waals surface area contributed by atoms with Crippen LogP contribution in [-0.4, -0.2) is 43.7 Å². The fourth-order valence-electron chi connectivity index (χ4n) is 2.77. The number of nitrogens with zero attached hydrogens (tertiary/aromatic N) is 1. The average Bonchev–Trinajstić information content (AvgIpc) is 3.03. The zero-order chi connectivity index (χ0) is 14.9. The predicted octanol–water partition coefficient (Wildman–Crippen LogP) is 2.19. The van der Waals surface area contributed by atoms with E-state index in [2.05, 4.69) is 17.4 Å². The number of carbonyl (C=O) groups excluding carboxylic acids is 1. The van der Waals surface area contributed by atoms with E-state index in [0.29, 0.717) is 32.3 Å². The summed E-state index contributed by atoms with van der Waals surface area (Å²) in [4.78, 5) is 14.3. The van der Waals surface area contributed by atoms with Crippen LogP contribution in [0, 0.1) is 0 Å². The molecule has 0 unspecified atom stereocenters. The lowest BCUT2D eigenvalue weighted by Gasteiger charge is -2.23. The van der Waals surface area contributed by atoms with Crippen molar-refractivity contribution in [2.24, 2.45) is 0 Å². The molecule has 1 aromatic rings. The monoisotopic (exact) mass is 290 g/mol. The molecule has 1 aliphatic carbocycles. The van der Waals surface area contributed by atoms with Crippen LogP contribution in [0.5, 0.6) is 0 Å². The Bertz CT molecular complexity index is 416. The van der Waals surface area contributed by atoms with E-state index < -0.39 is 0 Å². The van der Waals surface area contributed by atoms with E-state index in [0.717, 1.165) is 5.56 Å². The smallest absolute Gasteiger partial charge is 0.236 e. The molecule has 4 nitrogen and oxygen atoms in total. The Balaban J connectivity index is 1.86. The Kier molecular flexibility index (Phi) is 6.70. The van der Waals surface area contributed by atoms with E-state index in [4.69, 9.17) is 4.74 Å². The highest BCUT2D eigenvalue weighted by molar-refractivity contribution is 5.78.